The number of rotatable bonds is 9. The fraction of sp³-hybridized carbons (Fsp3) is 0.517. The van der Waals surface area contributed by atoms with Gasteiger partial charge in [-0.3, -0.25) is 19.2 Å². The van der Waals surface area contributed by atoms with Crippen molar-refractivity contribution in [1.29, 1.82) is 0 Å². The zero-order valence-corrected chi connectivity index (χ0v) is 24.5. The molecule has 0 saturated heterocycles. The molecule has 0 fully saturated rings. The summed E-state index contributed by atoms with van der Waals surface area (Å²) in [6, 6.07) is 3.77. The molecule has 0 spiro atoms. The number of esters is 1. The largest absolute Gasteiger partial charge is 0.456 e. The van der Waals surface area contributed by atoms with Crippen LogP contribution in [0.4, 0.5) is 0 Å². The van der Waals surface area contributed by atoms with Crippen LogP contribution < -0.4 is 16.0 Å². The number of hydrogen-bond acceptors (Lipinski definition) is 8. The van der Waals surface area contributed by atoms with Crippen LogP contribution in [0, 0.1) is 5.92 Å². The van der Waals surface area contributed by atoms with Crippen LogP contribution in [0.5, 0.6) is 0 Å². The molecule has 1 aliphatic heterocycles. The lowest BCUT2D eigenvalue weighted by atomic mass is 10.0. The molecule has 3 N–H and O–H groups in total. The Morgan fingerprint density at radius 3 is 2.65 bits per heavy atom. The Balaban J connectivity index is 2.21. The molecule has 2 heterocycles. The molecule has 1 aromatic rings. The lowest BCUT2D eigenvalue weighted by Gasteiger charge is -2.24. The Labute approximate surface area is 240 Å². The number of carbonyl (C=O) groups is 5. The minimum absolute atomic E-state index is 0.0331. The van der Waals surface area contributed by atoms with Crippen LogP contribution in [-0.2, 0) is 30.5 Å². The van der Waals surface area contributed by atoms with E-state index in [1.807, 2.05) is 0 Å². The van der Waals surface area contributed by atoms with Gasteiger partial charge >= 0.3 is 5.97 Å². The van der Waals surface area contributed by atoms with Crippen molar-refractivity contribution in [3.63, 3.8) is 0 Å². The number of thioether (sulfide) groups is 1. The fourth-order valence-corrected chi connectivity index (χ4v) is 4.53. The van der Waals surface area contributed by atoms with Gasteiger partial charge in [-0.25, -0.2) is 9.78 Å². The highest BCUT2D eigenvalue weighted by Gasteiger charge is 2.30. The molecule has 0 saturated carbocycles. The van der Waals surface area contributed by atoms with Gasteiger partial charge in [0.05, 0.1) is 18.7 Å². The van der Waals surface area contributed by atoms with Crippen LogP contribution >= 0.6 is 11.8 Å². The minimum Gasteiger partial charge on any atom is -0.456 e. The number of nitrogens with one attached hydrogen (secondary N) is 3. The summed E-state index contributed by atoms with van der Waals surface area (Å²) in [7, 11) is 0. The quantitative estimate of drug-likeness (QED) is 0.176. The summed E-state index contributed by atoms with van der Waals surface area (Å²) in [5.41, 5.74) is 0.492. The van der Waals surface area contributed by atoms with Gasteiger partial charge < -0.3 is 20.7 Å². The van der Waals surface area contributed by atoms with Crippen molar-refractivity contribution in [3.8, 4) is 0 Å². The highest BCUT2D eigenvalue weighted by Crippen LogP contribution is 2.14. The molecule has 2 rings (SSSR count). The molecular weight excluding hydrogens is 532 g/mol. The van der Waals surface area contributed by atoms with Gasteiger partial charge in [-0.1, -0.05) is 63.6 Å². The fourth-order valence-electron chi connectivity index (χ4n) is 3.76. The number of aromatic nitrogens is 1. The summed E-state index contributed by atoms with van der Waals surface area (Å²) in [6.07, 6.45) is 7.93. The SMILES string of the molecule is C/C=C1\NC(=O)c2cccc(n2)CNC(=O)C[C@@H](/C=C/CCSC(=O)CCCCC)OC(=O)[C@H](C(C)C)NC1=O. The Hall–Kier alpha value is -3.47. The molecule has 218 valence electrons. The maximum atomic E-state index is 13.1. The van der Waals surface area contributed by atoms with E-state index in [2.05, 4.69) is 27.9 Å². The van der Waals surface area contributed by atoms with Crippen LogP contribution in [0.15, 0.2) is 42.1 Å². The van der Waals surface area contributed by atoms with Crippen LogP contribution in [-0.4, -0.2) is 51.7 Å². The number of fused-ring (bicyclic) bond motifs is 2. The number of ether oxygens (including phenoxy) is 1. The first kappa shape index (κ1) is 32.7. The van der Waals surface area contributed by atoms with E-state index >= 15 is 0 Å². The van der Waals surface area contributed by atoms with Gasteiger partial charge in [0, 0.05) is 12.2 Å². The van der Waals surface area contributed by atoms with Crippen LogP contribution in [0.3, 0.4) is 0 Å². The molecule has 40 heavy (non-hydrogen) atoms. The van der Waals surface area contributed by atoms with Crippen molar-refractivity contribution in [3.05, 3.63) is 53.5 Å². The summed E-state index contributed by atoms with van der Waals surface area (Å²) < 4.78 is 5.67. The molecule has 2 bridgehead atoms. The standard InChI is InChI=1S/C29H40N4O6S/c1-5-7-8-15-25(35)40-16-10-9-13-21-17-24(34)30-18-20-12-11-14-23(31-20)28(37)32-22(6-2)27(36)33-26(19(3)4)29(38)39-21/h6,9,11-14,19,21,26H,5,7-8,10,15-18H2,1-4H3,(H,30,34)(H,32,37)(H,33,36)/b13-9+,22-6-/t21-,26+/m1/s1. The number of unbranched alkanes of at least 4 members (excludes halogenated alkanes) is 2. The van der Waals surface area contributed by atoms with Crippen LogP contribution in [0.25, 0.3) is 0 Å². The molecule has 2 atom stereocenters. The second-order valence-corrected chi connectivity index (χ2v) is 10.9. The topological polar surface area (TPSA) is 144 Å². The van der Waals surface area contributed by atoms with Crippen molar-refractivity contribution >= 4 is 40.6 Å². The second-order valence-electron chi connectivity index (χ2n) is 9.72. The number of allylic oxidation sites excluding steroid dienone is 2. The first-order chi connectivity index (χ1) is 19.1. The molecule has 0 aromatic carbocycles. The van der Waals surface area contributed by atoms with Crippen LogP contribution in [0.2, 0.25) is 0 Å². The number of nitrogens with zero attached hydrogens (tertiary/aromatic N) is 1. The van der Waals surface area contributed by atoms with E-state index in [1.165, 1.54) is 23.9 Å². The van der Waals surface area contributed by atoms with Gasteiger partial charge in [-0.05, 0) is 43.9 Å². The lowest BCUT2D eigenvalue weighted by Crippen LogP contribution is -2.48. The molecule has 11 heteroatoms. The molecule has 1 aliphatic rings. The monoisotopic (exact) mass is 572 g/mol. The van der Waals surface area contributed by atoms with Crippen molar-refractivity contribution in [2.45, 2.75) is 84.9 Å². The summed E-state index contributed by atoms with van der Waals surface area (Å²) in [6.45, 7) is 7.24. The second kappa shape index (κ2) is 17.3. The predicted octanol–water partition coefficient (Wildman–Crippen LogP) is 3.57. The highest BCUT2D eigenvalue weighted by molar-refractivity contribution is 8.13. The van der Waals surface area contributed by atoms with Gasteiger partial charge in [0.25, 0.3) is 11.8 Å². The van der Waals surface area contributed by atoms with Gasteiger partial charge in [0.1, 0.15) is 23.5 Å². The number of pyridine rings is 1. The van der Waals surface area contributed by atoms with E-state index in [4.69, 9.17) is 4.74 Å². The summed E-state index contributed by atoms with van der Waals surface area (Å²) in [5.74, 6) is -2.09. The van der Waals surface area contributed by atoms with E-state index in [0.29, 0.717) is 24.3 Å². The van der Waals surface area contributed by atoms with Crippen LogP contribution in [0.1, 0.15) is 82.4 Å². The maximum absolute atomic E-state index is 13.1. The van der Waals surface area contributed by atoms with E-state index in [-0.39, 0.29) is 41.3 Å². The molecule has 0 radical (unpaired) electrons. The minimum atomic E-state index is -1.02. The van der Waals surface area contributed by atoms with Crippen molar-refractivity contribution < 1.29 is 28.7 Å². The van der Waals surface area contributed by atoms with Gasteiger partial charge in [-0.15, -0.1) is 0 Å². The molecule has 3 amide bonds. The first-order valence-electron chi connectivity index (χ1n) is 13.7. The summed E-state index contributed by atoms with van der Waals surface area (Å²) in [4.78, 5) is 67.8. The van der Waals surface area contributed by atoms with Gasteiger partial charge in [0.15, 0.2) is 5.12 Å². The number of carbonyl (C=O) groups excluding carboxylic acids is 5. The Bertz CT molecular complexity index is 1120. The summed E-state index contributed by atoms with van der Waals surface area (Å²) in [5, 5.41) is 8.07. The number of hydrogen-bond donors (Lipinski definition) is 3. The van der Waals surface area contributed by atoms with Crippen molar-refractivity contribution in [2.24, 2.45) is 5.92 Å². The van der Waals surface area contributed by atoms with E-state index < -0.39 is 29.9 Å². The average molecular weight is 573 g/mol. The first-order valence-corrected chi connectivity index (χ1v) is 14.7. The van der Waals surface area contributed by atoms with E-state index in [0.717, 1.165) is 19.3 Å². The molecule has 10 nitrogen and oxygen atoms in total. The molecule has 0 aliphatic carbocycles. The Morgan fingerprint density at radius 2 is 1.95 bits per heavy atom. The normalized spacial score (nSPS) is 20.3. The van der Waals surface area contributed by atoms with E-state index in [1.54, 1.807) is 45.1 Å². The number of cyclic esters (lactones) is 1. The third-order valence-electron chi connectivity index (χ3n) is 6.03. The maximum Gasteiger partial charge on any atom is 0.329 e. The van der Waals surface area contributed by atoms with Gasteiger partial charge in [0.2, 0.25) is 5.91 Å². The molecule has 1 aromatic heterocycles. The lowest BCUT2D eigenvalue weighted by molar-refractivity contribution is -0.153. The molecule has 0 unspecified atom stereocenters. The van der Waals surface area contributed by atoms with Crippen molar-refractivity contribution in [1.82, 2.24) is 20.9 Å². The third kappa shape index (κ3) is 11.3. The zero-order chi connectivity index (χ0) is 29.5. The Morgan fingerprint density at radius 1 is 1.18 bits per heavy atom. The highest BCUT2D eigenvalue weighted by atomic mass is 32.2. The number of amides is 3. The Kier molecular flexibility index (Phi) is 14.1. The average Bonchev–Trinajstić information content (AvgIpc) is 2.92. The summed E-state index contributed by atoms with van der Waals surface area (Å²) >= 11 is 1.27. The van der Waals surface area contributed by atoms with Gasteiger partial charge in [-0.2, -0.15) is 0 Å². The van der Waals surface area contributed by atoms with E-state index in [9.17, 15) is 24.0 Å². The predicted molar refractivity (Wildman–Crippen MR) is 154 cm³/mol. The third-order valence-corrected chi connectivity index (χ3v) is 7.00. The molecular formula is C29H40N4O6S. The smallest absolute Gasteiger partial charge is 0.329 e. The zero-order valence-electron chi connectivity index (χ0n) is 23.7. The van der Waals surface area contributed by atoms with Crippen molar-refractivity contribution in [2.75, 3.05) is 5.75 Å².